The second kappa shape index (κ2) is 8.34. The summed E-state index contributed by atoms with van der Waals surface area (Å²) >= 11 is 1.54. The van der Waals surface area contributed by atoms with Gasteiger partial charge in [0.05, 0.1) is 31.2 Å². The Bertz CT molecular complexity index is 1130. The molecule has 3 amide bonds. The maximum absolute atomic E-state index is 13.1. The van der Waals surface area contributed by atoms with Gasteiger partial charge in [0.2, 0.25) is 5.88 Å². The minimum absolute atomic E-state index is 0.0134. The molecule has 2 atom stereocenters. The smallest absolute Gasteiger partial charge is 0.313 e. The molecule has 31 heavy (non-hydrogen) atoms. The number of rotatable bonds is 4. The number of carbonyl (C=O) groups excluding carboxylic acids is 3. The molecule has 0 spiro atoms. The molecule has 1 aliphatic rings. The lowest BCUT2D eigenvalue weighted by molar-refractivity contribution is -0.146. The Morgan fingerprint density at radius 3 is 2.81 bits per heavy atom. The van der Waals surface area contributed by atoms with E-state index in [1.54, 1.807) is 11.1 Å². The molecule has 3 aromatic rings. The number of pyridine rings is 1. The number of hydrogen-bond acceptors (Lipinski definition) is 7. The van der Waals surface area contributed by atoms with E-state index < -0.39 is 17.7 Å². The topological polar surface area (TPSA) is 143 Å². The quantitative estimate of drug-likeness (QED) is 0.528. The largest absolute Gasteiger partial charge is 0.480 e. The number of nitrogens with one attached hydrogen (secondary N) is 2. The minimum atomic E-state index is -0.801. The fraction of sp³-hybridized carbons (Fsp3) is 0.350. The monoisotopic (exact) mass is 442 g/mol. The number of ether oxygens (including phenoxy) is 1. The molecule has 0 radical (unpaired) electrons. The predicted octanol–water partition coefficient (Wildman–Crippen LogP) is 2.07. The van der Waals surface area contributed by atoms with Crippen LogP contribution in [0.2, 0.25) is 0 Å². The van der Waals surface area contributed by atoms with Crippen molar-refractivity contribution in [2.75, 3.05) is 19.0 Å². The Morgan fingerprint density at radius 2 is 2.10 bits per heavy atom. The second-order valence-corrected chi connectivity index (χ2v) is 8.64. The van der Waals surface area contributed by atoms with Gasteiger partial charge in [-0.25, -0.2) is 4.98 Å². The van der Waals surface area contributed by atoms with Crippen LogP contribution in [0.15, 0.2) is 24.5 Å². The van der Waals surface area contributed by atoms with Crippen LogP contribution in [-0.4, -0.2) is 51.5 Å². The van der Waals surface area contributed by atoms with Gasteiger partial charge in [0, 0.05) is 16.8 Å². The average Bonchev–Trinajstić information content (AvgIpc) is 3.35. The number of piperidine rings is 1. The fourth-order valence-corrected chi connectivity index (χ4v) is 4.91. The third-order valence-electron chi connectivity index (χ3n) is 5.32. The van der Waals surface area contributed by atoms with Crippen molar-refractivity contribution in [3.05, 3.63) is 35.0 Å². The number of anilines is 1. The zero-order chi connectivity index (χ0) is 22.1. The highest BCUT2D eigenvalue weighted by atomic mass is 32.1. The third kappa shape index (κ3) is 4.08. The summed E-state index contributed by atoms with van der Waals surface area (Å²) in [5.41, 5.74) is 5.53. The van der Waals surface area contributed by atoms with Gasteiger partial charge in [-0.3, -0.25) is 19.5 Å². The summed E-state index contributed by atoms with van der Waals surface area (Å²) < 4.78 is 5.00. The van der Waals surface area contributed by atoms with Crippen molar-refractivity contribution in [3.63, 3.8) is 0 Å². The summed E-state index contributed by atoms with van der Waals surface area (Å²) in [5, 5.41) is 10.5. The van der Waals surface area contributed by atoms with Crippen LogP contribution in [0.4, 0.5) is 5.69 Å². The minimum Gasteiger partial charge on any atom is -0.480 e. The lowest BCUT2D eigenvalue weighted by Gasteiger charge is -2.37. The molecule has 4 rings (SSSR count). The molecular formula is C20H22N6O4S. The van der Waals surface area contributed by atoms with Gasteiger partial charge in [0.1, 0.15) is 10.4 Å². The number of H-pyrrole nitrogens is 1. The first-order chi connectivity index (χ1) is 14.9. The zero-order valence-electron chi connectivity index (χ0n) is 17.0. The second-order valence-electron chi connectivity index (χ2n) is 7.56. The van der Waals surface area contributed by atoms with Crippen LogP contribution in [-0.2, 0) is 9.59 Å². The number of aromatic nitrogens is 3. The molecular weight excluding hydrogens is 420 g/mol. The number of primary amides is 1. The van der Waals surface area contributed by atoms with Crippen LogP contribution in [0, 0.1) is 5.92 Å². The number of aromatic amines is 1. The summed E-state index contributed by atoms with van der Waals surface area (Å²) in [6.07, 6.45) is 4.78. The molecule has 0 unspecified atom stereocenters. The van der Waals surface area contributed by atoms with Gasteiger partial charge in [0.15, 0.2) is 0 Å². The van der Waals surface area contributed by atoms with Crippen molar-refractivity contribution < 1.29 is 19.1 Å². The lowest BCUT2D eigenvalue weighted by atomic mass is 9.93. The van der Waals surface area contributed by atoms with E-state index in [4.69, 9.17) is 10.5 Å². The summed E-state index contributed by atoms with van der Waals surface area (Å²) in [6, 6.07) is 3.16. The first-order valence-corrected chi connectivity index (χ1v) is 10.6. The number of fused-ring (bicyclic) bond motifs is 1. The van der Waals surface area contributed by atoms with Gasteiger partial charge in [0.25, 0.3) is 5.91 Å². The van der Waals surface area contributed by atoms with Crippen molar-refractivity contribution in [2.45, 2.75) is 25.8 Å². The fourth-order valence-electron chi connectivity index (χ4n) is 3.78. The van der Waals surface area contributed by atoms with Gasteiger partial charge in [-0.2, -0.15) is 5.10 Å². The van der Waals surface area contributed by atoms with Crippen molar-refractivity contribution in [1.82, 2.24) is 20.1 Å². The molecule has 3 aromatic heterocycles. The Labute approximate surface area is 181 Å². The lowest BCUT2D eigenvalue weighted by Crippen LogP contribution is -2.46. The molecule has 4 heterocycles. The molecule has 10 nitrogen and oxygen atoms in total. The number of thiophene rings is 1. The molecule has 0 bridgehead atoms. The van der Waals surface area contributed by atoms with E-state index in [9.17, 15) is 14.4 Å². The highest BCUT2D eigenvalue weighted by Gasteiger charge is 2.35. The van der Waals surface area contributed by atoms with E-state index >= 15 is 0 Å². The van der Waals surface area contributed by atoms with Crippen LogP contribution >= 0.6 is 11.3 Å². The van der Waals surface area contributed by atoms with E-state index in [-0.39, 0.29) is 29.1 Å². The molecule has 4 N–H and O–H groups in total. The van der Waals surface area contributed by atoms with E-state index in [2.05, 4.69) is 27.4 Å². The molecule has 162 valence electrons. The number of methoxy groups -OCH3 is 1. The highest BCUT2D eigenvalue weighted by molar-refractivity contribution is 7.18. The van der Waals surface area contributed by atoms with E-state index in [0.717, 1.165) is 27.9 Å². The molecule has 0 aromatic carbocycles. The number of nitrogens with zero attached hydrogens (tertiary/aromatic N) is 3. The molecule has 1 aliphatic heterocycles. The van der Waals surface area contributed by atoms with Gasteiger partial charge >= 0.3 is 11.8 Å². The summed E-state index contributed by atoms with van der Waals surface area (Å²) in [7, 11) is 1.36. The van der Waals surface area contributed by atoms with Crippen LogP contribution in [0.3, 0.4) is 0 Å². The molecule has 0 saturated carbocycles. The SMILES string of the molecule is COc1ncc(NC(=O)C(=O)N2C[C@@H](C)CC[C@@H]2c2cc3cn[nH]c3s2)cc1C(N)=O. The Kier molecular flexibility index (Phi) is 5.59. The maximum Gasteiger partial charge on any atom is 0.313 e. The summed E-state index contributed by atoms with van der Waals surface area (Å²) in [6.45, 7) is 2.54. The van der Waals surface area contributed by atoms with E-state index in [0.29, 0.717) is 6.54 Å². The summed E-state index contributed by atoms with van der Waals surface area (Å²) in [4.78, 5) is 45.0. The van der Waals surface area contributed by atoms with Crippen LogP contribution < -0.4 is 15.8 Å². The number of amides is 3. The van der Waals surface area contributed by atoms with Gasteiger partial charge < -0.3 is 20.7 Å². The van der Waals surface area contributed by atoms with E-state index in [1.165, 1.54) is 30.7 Å². The highest BCUT2D eigenvalue weighted by Crippen LogP contribution is 2.38. The Balaban J connectivity index is 1.55. The molecule has 11 heteroatoms. The molecule has 1 saturated heterocycles. The number of carbonyl (C=O) groups is 3. The van der Waals surface area contributed by atoms with Crippen molar-refractivity contribution in [1.29, 1.82) is 0 Å². The first-order valence-electron chi connectivity index (χ1n) is 9.76. The Hall–Kier alpha value is -3.47. The van der Waals surface area contributed by atoms with Crippen LogP contribution in [0.1, 0.15) is 41.0 Å². The van der Waals surface area contributed by atoms with Gasteiger partial charge in [-0.05, 0) is 30.9 Å². The predicted molar refractivity (Wildman–Crippen MR) is 115 cm³/mol. The zero-order valence-corrected chi connectivity index (χ0v) is 17.9. The molecule has 0 aliphatic carbocycles. The normalized spacial score (nSPS) is 18.7. The molecule has 1 fully saturated rings. The van der Waals surface area contributed by atoms with Gasteiger partial charge in [-0.15, -0.1) is 11.3 Å². The van der Waals surface area contributed by atoms with Crippen LogP contribution in [0.5, 0.6) is 5.88 Å². The van der Waals surface area contributed by atoms with Gasteiger partial charge in [-0.1, -0.05) is 6.92 Å². The maximum atomic E-state index is 13.1. The summed E-state index contributed by atoms with van der Waals surface area (Å²) in [5.74, 6) is -1.86. The van der Waals surface area contributed by atoms with Crippen molar-refractivity contribution in [3.8, 4) is 5.88 Å². The number of nitrogens with two attached hydrogens (primary N) is 1. The third-order valence-corrected chi connectivity index (χ3v) is 6.48. The van der Waals surface area contributed by atoms with Crippen molar-refractivity contribution >= 4 is 45.0 Å². The number of hydrogen-bond donors (Lipinski definition) is 3. The number of likely N-dealkylation sites (tertiary alicyclic amines) is 1. The average molecular weight is 443 g/mol. The Morgan fingerprint density at radius 1 is 1.29 bits per heavy atom. The standard InChI is InChI=1S/C20H22N6O4S/c1-10-3-4-14(15-5-11-7-23-25-19(11)31-15)26(9-10)20(29)17(28)24-12-6-13(16(21)27)18(30-2)22-8-12/h5-8,10,14H,3-4,9H2,1-2H3,(H2,21,27)(H,23,25)(H,24,28)/t10-,14+/m0/s1. The van der Waals surface area contributed by atoms with Crippen LogP contribution in [0.25, 0.3) is 10.2 Å². The van der Waals surface area contributed by atoms with Crippen molar-refractivity contribution in [2.24, 2.45) is 11.7 Å². The first kappa shape index (κ1) is 20.8. The van der Waals surface area contributed by atoms with E-state index in [1.807, 2.05) is 6.07 Å².